The molecule has 0 spiro atoms. The molecule has 1 aromatic carbocycles. The maximum absolute atomic E-state index is 12.6. The first kappa shape index (κ1) is 18.3. The van der Waals surface area contributed by atoms with Gasteiger partial charge in [0.15, 0.2) is 0 Å². The Morgan fingerprint density at radius 1 is 1.33 bits per heavy atom. The molecule has 2 rings (SSSR count). The molecule has 1 aromatic rings. The molecule has 132 valence electrons. The number of hydrogen-bond donors (Lipinski definition) is 2. The normalized spacial score (nSPS) is 18.2. The van der Waals surface area contributed by atoms with Gasteiger partial charge in [-0.3, -0.25) is 4.79 Å². The topological polar surface area (TPSA) is 70.7 Å². The molecule has 0 saturated carbocycles. The van der Waals surface area contributed by atoms with E-state index in [1.165, 1.54) is 0 Å². The second-order valence-electron chi connectivity index (χ2n) is 7.37. The first-order valence-corrected chi connectivity index (χ1v) is 8.30. The maximum atomic E-state index is 12.6. The van der Waals surface area contributed by atoms with Gasteiger partial charge < -0.3 is 20.3 Å². The summed E-state index contributed by atoms with van der Waals surface area (Å²) in [6.45, 7) is 10.4. The molecule has 1 atom stereocenters. The van der Waals surface area contributed by atoms with Crippen LogP contribution in [0.25, 0.3) is 0 Å². The van der Waals surface area contributed by atoms with Gasteiger partial charge in [0.05, 0.1) is 19.3 Å². The van der Waals surface area contributed by atoms with Crippen molar-refractivity contribution in [2.24, 2.45) is 5.41 Å². The van der Waals surface area contributed by atoms with Crippen molar-refractivity contribution in [2.45, 2.75) is 33.7 Å². The van der Waals surface area contributed by atoms with Crippen LogP contribution in [0.4, 0.5) is 10.5 Å². The van der Waals surface area contributed by atoms with Crippen LogP contribution >= 0.6 is 0 Å². The van der Waals surface area contributed by atoms with Crippen LogP contribution in [-0.4, -0.2) is 49.2 Å². The molecule has 0 aromatic heterocycles. The van der Waals surface area contributed by atoms with Gasteiger partial charge in [-0.1, -0.05) is 26.8 Å². The largest absolute Gasteiger partial charge is 0.377 e. The molecule has 6 heteroatoms. The highest BCUT2D eigenvalue weighted by Gasteiger charge is 2.24. The molecular weight excluding hydrogens is 306 g/mol. The van der Waals surface area contributed by atoms with Crippen LogP contribution in [0.15, 0.2) is 24.3 Å². The summed E-state index contributed by atoms with van der Waals surface area (Å²) in [6, 6.07) is 6.81. The van der Waals surface area contributed by atoms with E-state index in [-0.39, 0.29) is 23.4 Å². The summed E-state index contributed by atoms with van der Waals surface area (Å²) in [7, 11) is 0. The highest BCUT2D eigenvalue weighted by Crippen LogP contribution is 2.16. The number of morpholine rings is 1. The maximum Gasteiger partial charge on any atom is 0.319 e. The van der Waals surface area contributed by atoms with Crippen LogP contribution in [-0.2, 0) is 4.74 Å². The number of carbonyl (C=O) groups is 2. The van der Waals surface area contributed by atoms with Gasteiger partial charge in [-0.05, 0) is 30.5 Å². The van der Waals surface area contributed by atoms with Crippen LogP contribution in [0, 0.1) is 5.41 Å². The fourth-order valence-corrected chi connectivity index (χ4v) is 2.45. The summed E-state index contributed by atoms with van der Waals surface area (Å²) in [5, 5.41) is 5.61. The molecule has 1 unspecified atom stereocenters. The Hall–Kier alpha value is -2.08. The van der Waals surface area contributed by atoms with Gasteiger partial charge >= 0.3 is 6.03 Å². The average Bonchev–Trinajstić information content (AvgIpc) is 2.52. The zero-order chi connectivity index (χ0) is 17.7. The zero-order valence-electron chi connectivity index (χ0n) is 14.9. The fourth-order valence-electron chi connectivity index (χ4n) is 2.45. The molecule has 0 aliphatic carbocycles. The van der Waals surface area contributed by atoms with E-state index in [0.717, 1.165) is 0 Å². The van der Waals surface area contributed by atoms with E-state index in [0.29, 0.717) is 37.6 Å². The minimum absolute atomic E-state index is 0.0155. The minimum Gasteiger partial charge on any atom is -0.377 e. The van der Waals surface area contributed by atoms with Crippen molar-refractivity contribution in [3.05, 3.63) is 29.8 Å². The fraction of sp³-hybridized carbons (Fsp3) is 0.556. The highest BCUT2D eigenvalue weighted by atomic mass is 16.5. The van der Waals surface area contributed by atoms with Crippen LogP contribution in [0.3, 0.4) is 0 Å². The number of amides is 3. The Labute approximate surface area is 143 Å². The van der Waals surface area contributed by atoms with Crippen molar-refractivity contribution in [1.82, 2.24) is 10.2 Å². The molecule has 1 aliphatic heterocycles. The van der Waals surface area contributed by atoms with Crippen molar-refractivity contribution < 1.29 is 14.3 Å². The summed E-state index contributed by atoms with van der Waals surface area (Å²) in [5.74, 6) is -0.0375. The second kappa shape index (κ2) is 7.66. The number of nitrogens with zero attached hydrogens (tertiary/aromatic N) is 1. The van der Waals surface area contributed by atoms with Gasteiger partial charge in [0, 0.05) is 24.3 Å². The molecule has 2 N–H and O–H groups in total. The van der Waals surface area contributed by atoms with E-state index in [1.54, 1.807) is 24.3 Å². The van der Waals surface area contributed by atoms with Crippen LogP contribution in [0.5, 0.6) is 0 Å². The number of urea groups is 1. The molecule has 3 amide bonds. The van der Waals surface area contributed by atoms with Crippen LogP contribution < -0.4 is 10.6 Å². The Balaban J connectivity index is 2.00. The third-order valence-electron chi connectivity index (χ3n) is 3.78. The first-order valence-electron chi connectivity index (χ1n) is 8.30. The van der Waals surface area contributed by atoms with Gasteiger partial charge in [0.25, 0.3) is 5.91 Å². The van der Waals surface area contributed by atoms with E-state index in [9.17, 15) is 9.59 Å². The van der Waals surface area contributed by atoms with Crippen molar-refractivity contribution in [3.63, 3.8) is 0 Å². The summed E-state index contributed by atoms with van der Waals surface area (Å²) in [6.07, 6.45) is 0. The van der Waals surface area contributed by atoms with E-state index in [1.807, 2.05) is 11.8 Å². The lowest BCUT2D eigenvalue weighted by Crippen LogP contribution is -2.47. The summed E-state index contributed by atoms with van der Waals surface area (Å²) in [4.78, 5) is 26.4. The van der Waals surface area contributed by atoms with Gasteiger partial charge in [-0.15, -0.1) is 0 Å². The lowest BCUT2D eigenvalue weighted by atomic mass is 9.97. The molecule has 1 saturated heterocycles. The highest BCUT2D eigenvalue weighted by molar-refractivity contribution is 5.97. The molecule has 1 aliphatic rings. The predicted molar refractivity (Wildman–Crippen MR) is 94.2 cm³/mol. The average molecular weight is 333 g/mol. The number of rotatable bonds is 3. The zero-order valence-corrected chi connectivity index (χ0v) is 14.9. The summed E-state index contributed by atoms with van der Waals surface area (Å²) >= 11 is 0. The molecule has 1 heterocycles. The van der Waals surface area contributed by atoms with Gasteiger partial charge in [0.1, 0.15) is 0 Å². The van der Waals surface area contributed by atoms with E-state index in [4.69, 9.17) is 4.74 Å². The van der Waals surface area contributed by atoms with Gasteiger partial charge in [-0.25, -0.2) is 4.79 Å². The second-order valence-corrected chi connectivity index (χ2v) is 7.37. The predicted octanol–water partition coefficient (Wildman–Crippen LogP) is 2.72. The van der Waals surface area contributed by atoms with E-state index < -0.39 is 0 Å². The molecule has 0 radical (unpaired) electrons. The van der Waals surface area contributed by atoms with Crippen molar-refractivity contribution in [3.8, 4) is 0 Å². The first-order chi connectivity index (χ1) is 11.3. The number of carbonyl (C=O) groups excluding carboxylic acids is 2. The third kappa shape index (κ3) is 5.23. The Morgan fingerprint density at radius 3 is 2.75 bits per heavy atom. The van der Waals surface area contributed by atoms with Crippen LogP contribution in [0.2, 0.25) is 0 Å². The van der Waals surface area contributed by atoms with Crippen molar-refractivity contribution in [2.75, 3.05) is 31.6 Å². The summed E-state index contributed by atoms with van der Waals surface area (Å²) in [5.41, 5.74) is 1.19. The minimum atomic E-state index is -0.269. The smallest absolute Gasteiger partial charge is 0.319 e. The van der Waals surface area contributed by atoms with Crippen molar-refractivity contribution in [1.29, 1.82) is 0 Å². The number of ether oxygens (including phenoxy) is 1. The van der Waals surface area contributed by atoms with Gasteiger partial charge in [-0.2, -0.15) is 0 Å². The lowest BCUT2D eigenvalue weighted by Gasteiger charge is -2.33. The number of hydrogen-bond acceptors (Lipinski definition) is 3. The monoisotopic (exact) mass is 333 g/mol. The van der Waals surface area contributed by atoms with Gasteiger partial charge in [0.2, 0.25) is 0 Å². The molecule has 24 heavy (non-hydrogen) atoms. The van der Waals surface area contributed by atoms with Crippen molar-refractivity contribution >= 4 is 17.6 Å². The molecule has 6 nitrogen and oxygen atoms in total. The molecular formula is C18H27N3O3. The number of nitrogens with one attached hydrogen (secondary N) is 2. The van der Waals surface area contributed by atoms with E-state index >= 15 is 0 Å². The van der Waals surface area contributed by atoms with Crippen LogP contribution in [0.1, 0.15) is 38.1 Å². The third-order valence-corrected chi connectivity index (χ3v) is 3.78. The Kier molecular flexibility index (Phi) is 5.83. The standard InChI is InChI=1S/C18H27N3O3/c1-13-11-24-9-8-21(13)16(22)14-6-5-7-15(10-14)20-17(23)19-12-18(2,3)4/h5-7,10,13H,8-9,11-12H2,1-4H3,(H2,19,20,23). The Morgan fingerprint density at radius 2 is 2.08 bits per heavy atom. The van der Waals surface area contributed by atoms with E-state index in [2.05, 4.69) is 31.4 Å². The lowest BCUT2D eigenvalue weighted by molar-refractivity contribution is 0.00360. The SMILES string of the molecule is CC1COCCN1C(=O)c1cccc(NC(=O)NCC(C)(C)C)c1. The molecule has 0 bridgehead atoms. The molecule has 1 fully saturated rings. The Bertz CT molecular complexity index is 595. The summed E-state index contributed by atoms with van der Waals surface area (Å²) < 4.78 is 5.37. The number of anilines is 1. The quantitative estimate of drug-likeness (QED) is 0.893. The number of benzene rings is 1.